The lowest BCUT2D eigenvalue weighted by Crippen LogP contribution is -2.53. The number of nitrogens with one attached hydrogen (secondary N) is 1. The molecule has 2 atom stereocenters. The third-order valence-corrected chi connectivity index (χ3v) is 6.74. The summed E-state index contributed by atoms with van der Waals surface area (Å²) in [6, 6.07) is 16.0. The number of hydrogen-bond donors (Lipinski definition) is 4. The minimum atomic E-state index is -1.00. The number of carbonyl (C=O) groups is 3. The van der Waals surface area contributed by atoms with Crippen molar-refractivity contribution in [1.29, 1.82) is 0 Å². The first-order chi connectivity index (χ1) is 18.1. The van der Waals surface area contributed by atoms with Crippen molar-refractivity contribution in [2.45, 2.75) is 32.5 Å². The topological polar surface area (TPSA) is 142 Å². The number of phenolic OH excluding ortho intramolecular Hbond substituents is 1. The van der Waals surface area contributed by atoms with Crippen LogP contribution in [-0.4, -0.2) is 58.7 Å². The highest BCUT2D eigenvalue weighted by Gasteiger charge is 2.30. The number of carbonyl (C=O) groups excluding carboxylic acids is 2. The molecule has 1 aliphatic heterocycles. The van der Waals surface area contributed by atoms with E-state index >= 15 is 0 Å². The summed E-state index contributed by atoms with van der Waals surface area (Å²) in [5.74, 6) is -1.60. The quantitative estimate of drug-likeness (QED) is 0.359. The second kappa shape index (κ2) is 11.5. The highest BCUT2D eigenvalue weighted by molar-refractivity contribution is 5.93. The van der Waals surface area contributed by atoms with Crippen LogP contribution < -0.4 is 11.1 Å². The zero-order valence-corrected chi connectivity index (χ0v) is 21.3. The van der Waals surface area contributed by atoms with E-state index in [0.717, 1.165) is 27.8 Å². The van der Waals surface area contributed by atoms with Gasteiger partial charge in [-0.25, -0.2) is 4.79 Å². The normalized spacial score (nSPS) is 16.5. The molecule has 1 heterocycles. The lowest BCUT2D eigenvalue weighted by Gasteiger charge is -2.35. The van der Waals surface area contributed by atoms with Crippen LogP contribution in [0.2, 0.25) is 0 Å². The molecule has 9 heteroatoms. The minimum Gasteiger partial charge on any atom is -0.508 e. The molecule has 0 bridgehead atoms. The number of primary amides is 1. The van der Waals surface area contributed by atoms with Gasteiger partial charge in [0, 0.05) is 18.7 Å². The van der Waals surface area contributed by atoms with Crippen molar-refractivity contribution in [1.82, 2.24) is 10.2 Å². The maximum atomic E-state index is 13.2. The molecular formula is C29H31N3O6. The van der Waals surface area contributed by atoms with Crippen LogP contribution in [0.1, 0.15) is 50.4 Å². The van der Waals surface area contributed by atoms with Gasteiger partial charge in [-0.05, 0) is 84.1 Å². The molecule has 0 aromatic heterocycles. The van der Waals surface area contributed by atoms with E-state index in [0.29, 0.717) is 25.3 Å². The highest BCUT2D eigenvalue weighted by Crippen LogP contribution is 2.30. The summed E-state index contributed by atoms with van der Waals surface area (Å²) < 4.78 is 5.61. The number of nitrogens with two attached hydrogens (primary N) is 1. The number of phenols is 1. The maximum Gasteiger partial charge on any atom is 0.335 e. The molecule has 0 aliphatic carbocycles. The summed E-state index contributed by atoms with van der Waals surface area (Å²) in [4.78, 5) is 37.9. The highest BCUT2D eigenvalue weighted by atomic mass is 16.5. The van der Waals surface area contributed by atoms with Gasteiger partial charge in [0.2, 0.25) is 11.8 Å². The first-order valence-electron chi connectivity index (χ1n) is 12.3. The molecule has 4 rings (SSSR count). The van der Waals surface area contributed by atoms with Crippen molar-refractivity contribution in [2.75, 3.05) is 19.8 Å². The molecule has 1 fully saturated rings. The van der Waals surface area contributed by atoms with Crippen molar-refractivity contribution >= 4 is 17.8 Å². The maximum absolute atomic E-state index is 13.2. The van der Waals surface area contributed by atoms with E-state index in [2.05, 4.69) is 5.32 Å². The Kier molecular flexibility index (Phi) is 8.09. The van der Waals surface area contributed by atoms with Gasteiger partial charge < -0.3 is 26.0 Å². The van der Waals surface area contributed by atoms with Crippen molar-refractivity contribution in [3.63, 3.8) is 0 Å². The number of morpholine rings is 1. The van der Waals surface area contributed by atoms with Crippen LogP contribution in [0.4, 0.5) is 0 Å². The fourth-order valence-corrected chi connectivity index (χ4v) is 4.67. The molecule has 5 N–H and O–H groups in total. The molecule has 0 radical (unpaired) electrons. The number of amides is 2. The Balaban J connectivity index is 1.50. The molecule has 1 saturated heterocycles. The molecule has 0 saturated carbocycles. The number of hydrogen-bond acceptors (Lipinski definition) is 6. The van der Waals surface area contributed by atoms with E-state index in [9.17, 15) is 19.5 Å². The fraction of sp³-hybridized carbons (Fsp3) is 0.276. The zero-order valence-electron chi connectivity index (χ0n) is 21.3. The van der Waals surface area contributed by atoms with Gasteiger partial charge in [-0.3, -0.25) is 14.5 Å². The Morgan fingerprint density at radius 2 is 1.79 bits per heavy atom. The minimum absolute atomic E-state index is 0.101. The number of aryl methyl sites for hydroxylation is 1. The smallest absolute Gasteiger partial charge is 0.335 e. The van der Waals surface area contributed by atoms with Gasteiger partial charge in [0.15, 0.2) is 0 Å². The molecule has 1 aliphatic rings. The first kappa shape index (κ1) is 26.8. The van der Waals surface area contributed by atoms with E-state index in [1.54, 1.807) is 36.4 Å². The molecule has 38 heavy (non-hydrogen) atoms. The Hall–Kier alpha value is -4.21. The lowest BCUT2D eigenvalue weighted by molar-refractivity contribution is -0.133. The van der Waals surface area contributed by atoms with Crippen molar-refractivity contribution in [3.05, 3.63) is 88.5 Å². The Morgan fingerprint density at radius 1 is 1.08 bits per heavy atom. The Labute approximate surface area is 220 Å². The third-order valence-electron chi connectivity index (χ3n) is 6.74. The van der Waals surface area contributed by atoms with Gasteiger partial charge in [0.1, 0.15) is 11.8 Å². The zero-order chi connectivity index (χ0) is 27.4. The van der Waals surface area contributed by atoms with Gasteiger partial charge in [-0.15, -0.1) is 0 Å². The summed E-state index contributed by atoms with van der Waals surface area (Å²) in [6.45, 7) is 5.39. The van der Waals surface area contributed by atoms with E-state index in [1.807, 2.05) is 30.9 Å². The molecule has 3 aromatic carbocycles. The number of carboxylic acid groups (broad SMARTS) is 1. The third kappa shape index (κ3) is 6.19. The molecule has 0 spiro atoms. The SMILES string of the molecule is Cc1cc(C(N)=O)ccc1-c1cc(O)cc(CN2CCOC[C@@H]2C(=O)N[C@H](C)c2ccc(C(=O)O)cc2)c1. The molecule has 198 valence electrons. The van der Waals surface area contributed by atoms with Crippen molar-refractivity contribution < 1.29 is 29.3 Å². The molecule has 3 aromatic rings. The Bertz CT molecular complexity index is 1350. The van der Waals surface area contributed by atoms with Crippen LogP contribution in [0, 0.1) is 6.92 Å². The summed E-state index contributed by atoms with van der Waals surface area (Å²) in [5, 5.41) is 22.6. The first-order valence-corrected chi connectivity index (χ1v) is 12.3. The average Bonchev–Trinajstić information content (AvgIpc) is 2.88. The lowest BCUT2D eigenvalue weighted by atomic mass is 9.96. The van der Waals surface area contributed by atoms with Crippen LogP contribution in [0.5, 0.6) is 5.75 Å². The Morgan fingerprint density at radius 3 is 2.45 bits per heavy atom. The van der Waals surface area contributed by atoms with Gasteiger partial charge in [0.05, 0.1) is 24.8 Å². The van der Waals surface area contributed by atoms with Crippen LogP contribution >= 0.6 is 0 Å². The number of nitrogens with zero attached hydrogens (tertiary/aromatic N) is 1. The van der Waals surface area contributed by atoms with E-state index in [-0.39, 0.29) is 29.9 Å². The summed E-state index contributed by atoms with van der Waals surface area (Å²) >= 11 is 0. The van der Waals surface area contributed by atoms with E-state index in [4.69, 9.17) is 15.6 Å². The summed E-state index contributed by atoms with van der Waals surface area (Å²) in [6.07, 6.45) is 0. The predicted octanol–water partition coefficient (Wildman–Crippen LogP) is 3.24. The second-order valence-electron chi connectivity index (χ2n) is 9.50. The van der Waals surface area contributed by atoms with Crippen LogP contribution in [0.25, 0.3) is 11.1 Å². The molecule has 9 nitrogen and oxygen atoms in total. The van der Waals surface area contributed by atoms with Crippen molar-refractivity contribution in [2.24, 2.45) is 5.73 Å². The standard InChI is InChI=1S/C29H31N3O6/c1-17-11-22(27(30)34)7-8-25(17)23-12-19(13-24(33)14-23)15-32-9-10-38-16-26(32)28(35)31-18(2)20-3-5-21(6-4-20)29(36)37/h3-8,11-14,18,26,33H,9-10,15-16H2,1-2H3,(H2,30,34)(H,31,35)(H,36,37)/t18-,26-/m1/s1. The predicted molar refractivity (Wildman–Crippen MR) is 142 cm³/mol. The molecular weight excluding hydrogens is 486 g/mol. The van der Waals surface area contributed by atoms with Gasteiger partial charge >= 0.3 is 5.97 Å². The molecule has 0 unspecified atom stereocenters. The fourth-order valence-electron chi connectivity index (χ4n) is 4.67. The second-order valence-corrected chi connectivity index (χ2v) is 9.50. The van der Waals surface area contributed by atoms with Gasteiger partial charge in [-0.2, -0.15) is 0 Å². The monoisotopic (exact) mass is 517 g/mol. The number of benzene rings is 3. The van der Waals surface area contributed by atoms with E-state index in [1.165, 1.54) is 12.1 Å². The van der Waals surface area contributed by atoms with Crippen LogP contribution in [-0.2, 0) is 16.1 Å². The van der Waals surface area contributed by atoms with Crippen LogP contribution in [0.15, 0.2) is 60.7 Å². The van der Waals surface area contributed by atoms with E-state index < -0.39 is 17.9 Å². The summed E-state index contributed by atoms with van der Waals surface area (Å²) in [7, 11) is 0. The number of rotatable bonds is 8. The number of aromatic carboxylic acids is 1. The summed E-state index contributed by atoms with van der Waals surface area (Å²) in [5.41, 5.74) is 10.1. The van der Waals surface area contributed by atoms with Gasteiger partial charge in [0.25, 0.3) is 0 Å². The van der Waals surface area contributed by atoms with Crippen molar-refractivity contribution in [3.8, 4) is 16.9 Å². The number of ether oxygens (including phenoxy) is 1. The van der Waals surface area contributed by atoms with Crippen LogP contribution in [0.3, 0.4) is 0 Å². The molecule has 2 amide bonds. The number of aromatic hydroxyl groups is 1. The number of carboxylic acids is 1. The average molecular weight is 518 g/mol. The van der Waals surface area contributed by atoms with Gasteiger partial charge in [-0.1, -0.05) is 18.2 Å². The largest absolute Gasteiger partial charge is 0.508 e.